The minimum absolute atomic E-state index is 0.318. The molecule has 4 heteroatoms. The van der Waals surface area contributed by atoms with Gasteiger partial charge in [0, 0.05) is 30.7 Å². The molecule has 2 rings (SSSR count). The molecule has 1 aromatic carbocycles. The van der Waals surface area contributed by atoms with Crippen LogP contribution in [0.15, 0.2) is 12.1 Å². The van der Waals surface area contributed by atoms with E-state index in [1.807, 2.05) is 13.8 Å². The summed E-state index contributed by atoms with van der Waals surface area (Å²) in [6.45, 7) is 5.84. The zero-order chi connectivity index (χ0) is 12.6. The van der Waals surface area contributed by atoms with Crippen LogP contribution in [0.5, 0.6) is 0 Å². The second-order valence-corrected chi connectivity index (χ2v) is 5.45. The fourth-order valence-electron chi connectivity index (χ4n) is 2.33. The highest BCUT2D eigenvalue weighted by atomic mass is 19.2. The van der Waals surface area contributed by atoms with Crippen molar-refractivity contribution in [3.05, 3.63) is 34.9 Å². The van der Waals surface area contributed by atoms with Crippen molar-refractivity contribution in [2.24, 2.45) is 5.73 Å². The van der Waals surface area contributed by atoms with Gasteiger partial charge < -0.3 is 5.73 Å². The molecule has 1 aliphatic rings. The van der Waals surface area contributed by atoms with Crippen LogP contribution in [0.25, 0.3) is 0 Å². The van der Waals surface area contributed by atoms with Gasteiger partial charge in [-0.15, -0.1) is 0 Å². The van der Waals surface area contributed by atoms with Crippen molar-refractivity contribution < 1.29 is 8.78 Å². The SMILES string of the molecule is CC(C)(N)CN1CCc2ccc(F)c(F)c2C1. The maximum Gasteiger partial charge on any atom is 0.163 e. The molecule has 0 amide bonds. The van der Waals surface area contributed by atoms with Gasteiger partial charge >= 0.3 is 0 Å². The van der Waals surface area contributed by atoms with E-state index in [9.17, 15) is 8.78 Å². The molecule has 0 atom stereocenters. The molecule has 0 radical (unpaired) electrons. The molecule has 0 bridgehead atoms. The maximum atomic E-state index is 13.7. The summed E-state index contributed by atoms with van der Waals surface area (Å²) in [6, 6.07) is 2.88. The van der Waals surface area contributed by atoms with Crippen molar-refractivity contribution in [3.8, 4) is 0 Å². The lowest BCUT2D eigenvalue weighted by molar-refractivity contribution is 0.205. The maximum absolute atomic E-state index is 13.7. The van der Waals surface area contributed by atoms with E-state index in [-0.39, 0.29) is 5.54 Å². The van der Waals surface area contributed by atoms with E-state index >= 15 is 0 Å². The molecule has 0 unspecified atom stereocenters. The van der Waals surface area contributed by atoms with Gasteiger partial charge in [-0.25, -0.2) is 8.78 Å². The van der Waals surface area contributed by atoms with E-state index in [4.69, 9.17) is 5.73 Å². The third-order valence-corrected chi connectivity index (χ3v) is 3.00. The summed E-state index contributed by atoms with van der Waals surface area (Å²) < 4.78 is 26.8. The van der Waals surface area contributed by atoms with Gasteiger partial charge in [-0.05, 0) is 31.9 Å². The van der Waals surface area contributed by atoms with Crippen molar-refractivity contribution in [3.63, 3.8) is 0 Å². The van der Waals surface area contributed by atoms with Crippen LogP contribution in [-0.2, 0) is 13.0 Å². The van der Waals surface area contributed by atoms with E-state index in [1.165, 1.54) is 6.07 Å². The Morgan fingerprint density at radius 2 is 2.06 bits per heavy atom. The number of fused-ring (bicyclic) bond motifs is 1. The van der Waals surface area contributed by atoms with Gasteiger partial charge in [-0.2, -0.15) is 0 Å². The lowest BCUT2D eigenvalue weighted by atomic mass is 9.97. The second-order valence-electron chi connectivity index (χ2n) is 5.45. The second kappa shape index (κ2) is 4.35. The molecule has 0 spiro atoms. The number of nitrogens with two attached hydrogens (primary N) is 1. The lowest BCUT2D eigenvalue weighted by Crippen LogP contribution is -2.47. The molecule has 0 saturated carbocycles. The summed E-state index contributed by atoms with van der Waals surface area (Å²) in [4.78, 5) is 2.07. The van der Waals surface area contributed by atoms with Crippen LogP contribution in [0.3, 0.4) is 0 Å². The molecular formula is C13H18F2N2. The number of halogens is 2. The number of hydrogen-bond donors (Lipinski definition) is 1. The first-order valence-electron chi connectivity index (χ1n) is 5.84. The first-order valence-corrected chi connectivity index (χ1v) is 5.84. The molecule has 17 heavy (non-hydrogen) atoms. The molecule has 94 valence electrons. The standard InChI is InChI=1S/C13H18F2N2/c1-13(2,16)8-17-6-5-9-3-4-11(14)12(15)10(9)7-17/h3-4H,5-8,16H2,1-2H3. The molecule has 1 aliphatic heterocycles. The third-order valence-electron chi connectivity index (χ3n) is 3.00. The van der Waals surface area contributed by atoms with Crippen molar-refractivity contribution in [2.75, 3.05) is 13.1 Å². The number of nitrogens with zero attached hydrogens (tertiary/aromatic N) is 1. The summed E-state index contributed by atoms with van der Waals surface area (Å²) in [5, 5.41) is 0. The van der Waals surface area contributed by atoms with Crippen LogP contribution in [0.1, 0.15) is 25.0 Å². The van der Waals surface area contributed by atoms with Gasteiger partial charge in [0.25, 0.3) is 0 Å². The van der Waals surface area contributed by atoms with Crippen molar-refractivity contribution in [1.82, 2.24) is 4.90 Å². The average Bonchev–Trinajstić information content (AvgIpc) is 2.22. The first kappa shape index (κ1) is 12.5. The normalized spacial score (nSPS) is 17.0. The zero-order valence-electron chi connectivity index (χ0n) is 10.3. The van der Waals surface area contributed by atoms with Crippen LogP contribution in [0, 0.1) is 11.6 Å². The molecule has 0 fully saturated rings. The van der Waals surface area contributed by atoms with Crippen LogP contribution < -0.4 is 5.73 Å². The first-order chi connectivity index (χ1) is 7.87. The highest BCUT2D eigenvalue weighted by Crippen LogP contribution is 2.24. The predicted octanol–water partition coefficient (Wildman–Crippen LogP) is 2.06. The molecule has 2 N–H and O–H groups in total. The highest BCUT2D eigenvalue weighted by Gasteiger charge is 2.24. The van der Waals surface area contributed by atoms with E-state index in [0.29, 0.717) is 18.7 Å². The quantitative estimate of drug-likeness (QED) is 0.857. The van der Waals surface area contributed by atoms with Crippen molar-refractivity contribution in [2.45, 2.75) is 32.4 Å². The fraction of sp³-hybridized carbons (Fsp3) is 0.538. The van der Waals surface area contributed by atoms with Gasteiger partial charge in [0.2, 0.25) is 0 Å². The highest BCUT2D eigenvalue weighted by molar-refractivity contribution is 5.31. The predicted molar refractivity (Wildman–Crippen MR) is 63.6 cm³/mol. The summed E-state index contributed by atoms with van der Waals surface area (Å²) in [5.41, 5.74) is 7.03. The largest absolute Gasteiger partial charge is 0.324 e. The molecule has 1 heterocycles. The van der Waals surface area contributed by atoms with Gasteiger partial charge in [0.05, 0.1) is 0 Å². The van der Waals surface area contributed by atoms with Crippen LogP contribution in [-0.4, -0.2) is 23.5 Å². The van der Waals surface area contributed by atoms with Crippen LogP contribution in [0.2, 0.25) is 0 Å². The van der Waals surface area contributed by atoms with Gasteiger partial charge in [-0.3, -0.25) is 4.90 Å². The number of benzene rings is 1. The Labute approximate surface area is 100 Å². The van der Waals surface area contributed by atoms with E-state index in [2.05, 4.69) is 4.90 Å². The minimum Gasteiger partial charge on any atom is -0.324 e. The van der Waals surface area contributed by atoms with Gasteiger partial charge in [0.1, 0.15) is 0 Å². The number of hydrogen-bond acceptors (Lipinski definition) is 2. The molecular weight excluding hydrogens is 222 g/mol. The van der Waals surface area contributed by atoms with E-state index in [0.717, 1.165) is 18.5 Å². The summed E-state index contributed by atoms with van der Waals surface area (Å²) in [7, 11) is 0. The molecule has 0 saturated heterocycles. The Kier molecular flexibility index (Phi) is 3.19. The van der Waals surface area contributed by atoms with Crippen molar-refractivity contribution >= 4 is 0 Å². The van der Waals surface area contributed by atoms with Crippen LogP contribution in [0.4, 0.5) is 8.78 Å². The minimum atomic E-state index is -0.766. The molecule has 1 aromatic rings. The number of rotatable bonds is 2. The zero-order valence-corrected chi connectivity index (χ0v) is 10.3. The third kappa shape index (κ3) is 2.82. The fourth-order valence-corrected chi connectivity index (χ4v) is 2.33. The Morgan fingerprint density at radius 3 is 2.71 bits per heavy atom. The Bertz CT molecular complexity index is 424. The van der Waals surface area contributed by atoms with Gasteiger partial charge in [0.15, 0.2) is 11.6 Å². The summed E-state index contributed by atoms with van der Waals surface area (Å²) >= 11 is 0. The Morgan fingerprint density at radius 1 is 1.35 bits per heavy atom. The molecule has 2 nitrogen and oxygen atoms in total. The summed E-state index contributed by atoms with van der Waals surface area (Å²) in [6.07, 6.45) is 0.753. The summed E-state index contributed by atoms with van der Waals surface area (Å²) in [5.74, 6) is -1.47. The Balaban J connectivity index is 2.20. The topological polar surface area (TPSA) is 29.3 Å². The van der Waals surface area contributed by atoms with Crippen molar-refractivity contribution in [1.29, 1.82) is 0 Å². The molecule has 0 aromatic heterocycles. The van der Waals surface area contributed by atoms with Gasteiger partial charge in [-0.1, -0.05) is 6.07 Å². The smallest absolute Gasteiger partial charge is 0.163 e. The lowest BCUT2D eigenvalue weighted by Gasteiger charge is -2.33. The van der Waals surface area contributed by atoms with E-state index < -0.39 is 11.6 Å². The van der Waals surface area contributed by atoms with E-state index in [1.54, 1.807) is 6.07 Å². The Hall–Kier alpha value is -1.00. The average molecular weight is 240 g/mol. The monoisotopic (exact) mass is 240 g/mol. The molecule has 0 aliphatic carbocycles. The van der Waals surface area contributed by atoms with Crippen LogP contribution >= 0.6 is 0 Å².